The van der Waals surface area contributed by atoms with Crippen LogP contribution in [0.2, 0.25) is 39.3 Å². The lowest BCUT2D eigenvalue weighted by atomic mass is 9.78. The molecule has 4 aliphatic heterocycles. The molecule has 9 nitrogen and oxygen atoms in total. The lowest BCUT2D eigenvalue weighted by Gasteiger charge is -2.50. The maximum atomic E-state index is 14.1. The van der Waals surface area contributed by atoms with Gasteiger partial charge < -0.3 is 37.4 Å². The fraction of sp³-hybridized carbons (Fsp3) is 0.914. The van der Waals surface area contributed by atoms with Gasteiger partial charge in [-0.25, -0.2) is 0 Å². The topological polar surface area (TPSA) is 84.9 Å². The van der Waals surface area contributed by atoms with Crippen molar-refractivity contribution in [1.82, 2.24) is 4.90 Å². The zero-order valence-electron chi connectivity index (χ0n) is 31.8. The average molecular weight is 763 g/mol. The molecule has 3 bridgehead atoms. The molecule has 0 aliphatic carbocycles. The molecule has 272 valence electrons. The number of likely N-dealkylation sites (N-methyl/N-ethyl adjacent to an activating group) is 1. The summed E-state index contributed by atoms with van der Waals surface area (Å²) in [5.74, 6) is -2.12. The van der Waals surface area contributed by atoms with Gasteiger partial charge in [0.25, 0.3) is 0 Å². The normalized spacial score (nSPS) is 45.0. The lowest BCUT2D eigenvalue weighted by Crippen LogP contribution is -2.62. The molecule has 3 fully saturated rings. The largest absolute Gasteiger partial charge is 0.459 e. The highest BCUT2D eigenvalue weighted by atomic mass is 79.9. The van der Waals surface area contributed by atoms with Crippen LogP contribution in [-0.4, -0.2) is 107 Å². The number of halogens is 1. The van der Waals surface area contributed by atoms with E-state index in [1.807, 2.05) is 20.8 Å². The van der Waals surface area contributed by atoms with Crippen molar-refractivity contribution in [3.63, 3.8) is 0 Å². The molecule has 2 unspecified atom stereocenters. The van der Waals surface area contributed by atoms with Crippen LogP contribution in [0.3, 0.4) is 0 Å². The maximum absolute atomic E-state index is 14.1. The first-order valence-corrected chi connectivity index (χ1v) is 25.6. The number of hydrogen-bond acceptors (Lipinski definition) is 9. The summed E-state index contributed by atoms with van der Waals surface area (Å²) in [7, 11) is 0.0414. The molecule has 12 heteroatoms. The summed E-state index contributed by atoms with van der Waals surface area (Å²) in [6, 6.07) is 0.107. The first kappa shape index (κ1) is 39.6. The second-order valence-electron chi connectivity index (χ2n) is 17.3. The van der Waals surface area contributed by atoms with Crippen LogP contribution in [0, 0.1) is 17.8 Å². The quantitative estimate of drug-likeness (QED) is 0.106. The molecule has 13 atom stereocenters. The van der Waals surface area contributed by atoms with E-state index < -0.39 is 64.1 Å². The van der Waals surface area contributed by atoms with Gasteiger partial charge in [0.05, 0.1) is 29.8 Å². The molecular formula is C35H64BrNO8Si2. The van der Waals surface area contributed by atoms with Crippen LogP contribution in [0.25, 0.3) is 0 Å². The number of carbonyl (C=O) groups excluding carboxylic acids is 1. The van der Waals surface area contributed by atoms with Gasteiger partial charge in [-0.05, 0) is 112 Å². The number of ether oxygens (including phenoxy) is 5. The smallest absolute Gasteiger partial charge is 0.311 e. The monoisotopic (exact) mass is 761 g/mol. The Balaban J connectivity index is 1.89. The number of fused-ring (bicyclic) bond motifs is 2. The summed E-state index contributed by atoms with van der Waals surface area (Å²) in [5.41, 5.74) is -0.659. The molecule has 4 aliphatic rings. The fourth-order valence-electron chi connectivity index (χ4n) is 8.44. The predicted octanol–water partition coefficient (Wildman–Crippen LogP) is 7.11. The van der Waals surface area contributed by atoms with Crippen molar-refractivity contribution < 1.29 is 37.3 Å². The Hall–Kier alpha value is -0.156. The van der Waals surface area contributed by atoms with Crippen LogP contribution in [0.5, 0.6) is 0 Å². The first-order valence-electron chi connectivity index (χ1n) is 17.7. The first-order chi connectivity index (χ1) is 21.5. The third-order valence-corrected chi connectivity index (χ3v) is 13.0. The fourth-order valence-corrected chi connectivity index (χ4v) is 11.3. The van der Waals surface area contributed by atoms with E-state index >= 15 is 0 Å². The van der Waals surface area contributed by atoms with Crippen molar-refractivity contribution in [2.45, 2.75) is 167 Å². The molecule has 0 amide bonds. The summed E-state index contributed by atoms with van der Waals surface area (Å²) < 4.78 is 48.6. The second-order valence-corrected chi connectivity index (χ2v) is 26.8. The highest BCUT2D eigenvalue weighted by Crippen LogP contribution is 2.57. The molecule has 0 aromatic rings. The zero-order chi connectivity index (χ0) is 35.5. The van der Waals surface area contributed by atoms with Gasteiger partial charge in [0.2, 0.25) is 0 Å². The zero-order valence-corrected chi connectivity index (χ0v) is 35.4. The maximum Gasteiger partial charge on any atom is 0.311 e. The molecule has 0 radical (unpaired) electrons. The SMILES string of the molecule is CC[C@H]1OC(=O)[C@H](C)[C@@H](O[Si](C)(C)C)[C@H](C)[C@@H](O[C@@H]2O[C@H](C)C[C@H](N(C)C)[C@@H]2O[Si](C)(C)C)[C@@]2(C)C[C@@H](C)C3(OC1(C)C=C3CBr)O2. The standard InChI is InChI=1S/C35H64BrNO8Si2/c1-16-27-33(6)19-25(20-36)35(44-33)21(2)18-34(7,45-35)30(23(4)28(42-46(10,11)12)24(5)31(38)40-27)41-32-29(43-47(13,14)15)26(37(8)9)17-22(3)39-32/h19,21-24,26-30,32H,16-18,20H2,1-15H3/t21-,22-,23+,24-,26+,27-,28+,29+,30-,32+,33?,34-,35?/m1/s1. The molecule has 4 rings (SSSR count). The van der Waals surface area contributed by atoms with E-state index in [2.05, 4.69) is 108 Å². The van der Waals surface area contributed by atoms with E-state index in [1.165, 1.54) is 0 Å². The Morgan fingerprint density at radius 2 is 1.57 bits per heavy atom. The van der Waals surface area contributed by atoms with E-state index in [1.54, 1.807) is 0 Å². The van der Waals surface area contributed by atoms with Crippen molar-refractivity contribution in [2.75, 3.05) is 19.4 Å². The number of hydrogen-bond donors (Lipinski definition) is 0. The molecule has 47 heavy (non-hydrogen) atoms. The molecule has 4 heterocycles. The molecule has 3 saturated heterocycles. The minimum atomic E-state index is -2.15. The van der Waals surface area contributed by atoms with Crippen LogP contribution >= 0.6 is 15.9 Å². The predicted molar refractivity (Wildman–Crippen MR) is 194 cm³/mol. The number of cyclic esters (lactones) is 1. The molecule has 0 aromatic carbocycles. The Morgan fingerprint density at radius 1 is 0.979 bits per heavy atom. The minimum absolute atomic E-state index is 0.00563. The highest BCUT2D eigenvalue weighted by Gasteiger charge is 2.65. The summed E-state index contributed by atoms with van der Waals surface area (Å²) in [6.07, 6.45) is 1.78. The van der Waals surface area contributed by atoms with E-state index in [4.69, 9.17) is 32.5 Å². The molecule has 0 saturated carbocycles. The Morgan fingerprint density at radius 3 is 2.11 bits per heavy atom. The molecule has 0 aromatic heterocycles. The molecular weight excluding hydrogens is 698 g/mol. The van der Waals surface area contributed by atoms with Crippen molar-refractivity contribution in [3.05, 3.63) is 11.6 Å². The number of rotatable bonds is 9. The summed E-state index contributed by atoms with van der Waals surface area (Å²) in [5, 5.41) is 0.576. The third-order valence-electron chi connectivity index (χ3n) is 10.4. The number of alkyl halides is 1. The van der Waals surface area contributed by atoms with Crippen molar-refractivity contribution in [2.24, 2.45) is 17.8 Å². The average Bonchev–Trinajstić information content (AvgIpc) is 3.38. The van der Waals surface area contributed by atoms with Crippen LogP contribution in [-0.2, 0) is 37.3 Å². The summed E-state index contributed by atoms with van der Waals surface area (Å²) >= 11 is 3.75. The van der Waals surface area contributed by atoms with Crippen LogP contribution in [0.15, 0.2) is 11.6 Å². The Kier molecular flexibility index (Phi) is 11.9. The summed E-state index contributed by atoms with van der Waals surface area (Å²) in [6.45, 7) is 27.7. The summed E-state index contributed by atoms with van der Waals surface area (Å²) in [4.78, 5) is 16.3. The highest BCUT2D eigenvalue weighted by molar-refractivity contribution is 9.09. The number of nitrogens with zero attached hydrogens (tertiary/aromatic N) is 1. The lowest BCUT2D eigenvalue weighted by molar-refractivity contribution is -0.326. The van der Waals surface area contributed by atoms with Crippen molar-refractivity contribution in [1.29, 1.82) is 0 Å². The van der Waals surface area contributed by atoms with Crippen LogP contribution < -0.4 is 0 Å². The van der Waals surface area contributed by atoms with Gasteiger partial charge in [-0.15, -0.1) is 0 Å². The van der Waals surface area contributed by atoms with Crippen molar-refractivity contribution in [3.8, 4) is 0 Å². The Bertz CT molecular complexity index is 1160. The minimum Gasteiger partial charge on any atom is -0.459 e. The van der Waals surface area contributed by atoms with Gasteiger partial charge in [-0.1, -0.05) is 36.7 Å². The van der Waals surface area contributed by atoms with Gasteiger partial charge in [0, 0.05) is 23.2 Å². The van der Waals surface area contributed by atoms with E-state index in [9.17, 15) is 4.79 Å². The van der Waals surface area contributed by atoms with Gasteiger partial charge in [-0.3, -0.25) is 4.79 Å². The Labute approximate surface area is 295 Å². The number of esters is 1. The van der Waals surface area contributed by atoms with E-state index in [0.29, 0.717) is 18.2 Å². The second kappa shape index (κ2) is 14.1. The third kappa shape index (κ3) is 8.17. The van der Waals surface area contributed by atoms with Gasteiger partial charge in [0.15, 0.2) is 28.7 Å². The van der Waals surface area contributed by atoms with Gasteiger partial charge >= 0.3 is 5.97 Å². The van der Waals surface area contributed by atoms with Crippen LogP contribution in [0.1, 0.15) is 67.7 Å². The van der Waals surface area contributed by atoms with E-state index in [0.717, 1.165) is 12.0 Å². The van der Waals surface area contributed by atoms with Gasteiger partial charge in [0.1, 0.15) is 17.8 Å². The van der Waals surface area contributed by atoms with Gasteiger partial charge in [-0.2, -0.15) is 0 Å². The molecule has 0 N–H and O–H groups in total. The van der Waals surface area contributed by atoms with E-state index in [-0.39, 0.29) is 36.1 Å². The molecule has 1 spiro atoms. The van der Waals surface area contributed by atoms with Crippen molar-refractivity contribution >= 4 is 38.5 Å². The number of carbonyl (C=O) groups is 1. The van der Waals surface area contributed by atoms with Crippen LogP contribution in [0.4, 0.5) is 0 Å².